The Kier molecular flexibility index (Phi) is 7.43. The van der Waals surface area contributed by atoms with Gasteiger partial charge in [0, 0.05) is 25.1 Å². The van der Waals surface area contributed by atoms with Crippen molar-refractivity contribution >= 4 is 11.8 Å². The molecule has 0 aliphatic rings. The third-order valence-electron chi connectivity index (χ3n) is 2.93. The van der Waals surface area contributed by atoms with Gasteiger partial charge in [-0.3, -0.25) is 9.59 Å². The summed E-state index contributed by atoms with van der Waals surface area (Å²) in [5.74, 6) is -0.0873. The molecule has 0 fully saturated rings. The first kappa shape index (κ1) is 17.1. The van der Waals surface area contributed by atoms with E-state index in [-0.39, 0.29) is 17.6 Å². The van der Waals surface area contributed by atoms with Crippen LogP contribution in [0.25, 0.3) is 0 Å². The lowest BCUT2D eigenvalue weighted by Gasteiger charge is -2.08. The highest BCUT2D eigenvalue weighted by Crippen LogP contribution is 2.02. The lowest BCUT2D eigenvalue weighted by atomic mass is 10.2. The van der Waals surface area contributed by atoms with E-state index in [1.165, 1.54) is 24.3 Å². The average molecular weight is 294 g/mol. The molecule has 1 aromatic rings. The fourth-order valence-corrected chi connectivity index (χ4v) is 1.72. The van der Waals surface area contributed by atoms with E-state index >= 15 is 0 Å². The third-order valence-corrected chi connectivity index (χ3v) is 2.93. The van der Waals surface area contributed by atoms with Gasteiger partial charge in [-0.25, -0.2) is 4.39 Å². The Hall–Kier alpha value is -1.91. The van der Waals surface area contributed by atoms with Gasteiger partial charge in [0.25, 0.3) is 5.91 Å². The number of halogens is 1. The molecule has 1 aromatic carbocycles. The number of rotatable bonds is 8. The predicted molar refractivity (Wildman–Crippen MR) is 80.4 cm³/mol. The highest BCUT2D eigenvalue weighted by Gasteiger charge is 2.05. The second-order valence-electron chi connectivity index (χ2n) is 5.42. The van der Waals surface area contributed by atoms with Crippen LogP contribution in [0.2, 0.25) is 0 Å². The second-order valence-corrected chi connectivity index (χ2v) is 5.42. The van der Waals surface area contributed by atoms with E-state index in [0.717, 1.165) is 12.8 Å². The maximum Gasteiger partial charge on any atom is 0.251 e. The zero-order valence-electron chi connectivity index (χ0n) is 12.6. The quantitative estimate of drug-likeness (QED) is 0.724. The number of hydrogen-bond acceptors (Lipinski definition) is 2. The summed E-state index contributed by atoms with van der Waals surface area (Å²) in [4.78, 5) is 23.2. The topological polar surface area (TPSA) is 58.2 Å². The Labute approximate surface area is 125 Å². The van der Waals surface area contributed by atoms with Crippen LogP contribution in [0, 0.1) is 11.7 Å². The van der Waals surface area contributed by atoms with E-state index in [2.05, 4.69) is 10.6 Å². The van der Waals surface area contributed by atoms with E-state index in [4.69, 9.17) is 0 Å². The van der Waals surface area contributed by atoms with Gasteiger partial charge in [-0.05, 0) is 43.0 Å². The Morgan fingerprint density at radius 1 is 1.10 bits per heavy atom. The molecule has 0 bridgehead atoms. The number of unbranched alkanes of at least 4 members (excludes halogenated alkanes) is 1. The van der Waals surface area contributed by atoms with Gasteiger partial charge in [0.15, 0.2) is 0 Å². The van der Waals surface area contributed by atoms with Crippen molar-refractivity contribution in [2.45, 2.75) is 33.1 Å². The summed E-state index contributed by atoms with van der Waals surface area (Å²) >= 11 is 0. The normalized spacial score (nSPS) is 10.5. The smallest absolute Gasteiger partial charge is 0.251 e. The summed E-state index contributed by atoms with van der Waals surface area (Å²) in [7, 11) is 0. The van der Waals surface area contributed by atoms with E-state index in [1.807, 2.05) is 13.8 Å². The van der Waals surface area contributed by atoms with E-state index in [9.17, 15) is 14.0 Å². The van der Waals surface area contributed by atoms with Crippen LogP contribution in [-0.4, -0.2) is 24.9 Å². The van der Waals surface area contributed by atoms with Crippen LogP contribution in [-0.2, 0) is 4.79 Å². The van der Waals surface area contributed by atoms with Gasteiger partial charge < -0.3 is 10.6 Å². The Morgan fingerprint density at radius 2 is 1.76 bits per heavy atom. The second kappa shape index (κ2) is 9.10. The van der Waals surface area contributed by atoms with Gasteiger partial charge in [-0.15, -0.1) is 0 Å². The first-order valence-corrected chi connectivity index (χ1v) is 7.29. The molecule has 0 radical (unpaired) electrons. The van der Waals surface area contributed by atoms with Crippen LogP contribution in [0.15, 0.2) is 24.3 Å². The Bertz CT molecular complexity index is 458. The van der Waals surface area contributed by atoms with Crippen molar-refractivity contribution in [3.63, 3.8) is 0 Å². The van der Waals surface area contributed by atoms with E-state index in [0.29, 0.717) is 31.0 Å². The van der Waals surface area contributed by atoms with Gasteiger partial charge in [0.05, 0.1) is 0 Å². The van der Waals surface area contributed by atoms with Crippen molar-refractivity contribution in [2.24, 2.45) is 5.92 Å². The number of nitrogens with one attached hydrogen (secondary N) is 2. The predicted octanol–water partition coefficient (Wildman–Crippen LogP) is 2.50. The van der Waals surface area contributed by atoms with Crippen molar-refractivity contribution in [3.8, 4) is 0 Å². The number of carbonyl (C=O) groups excluding carboxylic acids is 2. The molecule has 0 aromatic heterocycles. The van der Waals surface area contributed by atoms with Crippen molar-refractivity contribution in [2.75, 3.05) is 13.1 Å². The van der Waals surface area contributed by atoms with Crippen LogP contribution in [0.3, 0.4) is 0 Å². The molecule has 0 unspecified atom stereocenters. The maximum atomic E-state index is 12.7. The summed E-state index contributed by atoms with van der Waals surface area (Å²) < 4.78 is 12.7. The molecule has 2 N–H and O–H groups in total. The largest absolute Gasteiger partial charge is 0.356 e. The van der Waals surface area contributed by atoms with E-state index < -0.39 is 0 Å². The SMILES string of the molecule is CC(C)CNC(=O)CCCCNC(=O)c1ccc(F)cc1. The average Bonchev–Trinajstić information content (AvgIpc) is 2.45. The highest BCUT2D eigenvalue weighted by molar-refractivity contribution is 5.94. The van der Waals surface area contributed by atoms with Crippen LogP contribution < -0.4 is 10.6 Å². The zero-order chi connectivity index (χ0) is 15.7. The third kappa shape index (κ3) is 7.44. The first-order chi connectivity index (χ1) is 9.99. The lowest BCUT2D eigenvalue weighted by Crippen LogP contribution is -2.27. The highest BCUT2D eigenvalue weighted by atomic mass is 19.1. The molecule has 0 atom stereocenters. The minimum absolute atomic E-state index is 0.0496. The van der Waals surface area contributed by atoms with Crippen LogP contribution >= 0.6 is 0 Å². The number of hydrogen-bond donors (Lipinski definition) is 2. The Balaban J connectivity index is 2.12. The van der Waals surface area contributed by atoms with E-state index in [1.54, 1.807) is 0 Å². The summed E-state index contributed by atoms with van der Waals surface area (Å²) in [6.45, 7) is 5.30. The summed E-state index contributed by atoms with van der Waals surface area (Å²) in [5.41, 5.74) is 0.436. The van der Waals surface area contributed by atoms with Crippen LogP contribution in [0.4, 0.5) is 4.39 Å². The summed E-state index contributed by atoms with van der Waals surface area (Å²) in [6.07, 6.45) is 1.94. The molecule has 0 saturated carbocycles. The molecule has 1 rings (SSSR count). The Morgan fingerprint density at radius 3 is 2.38 bits per heavy atom. The summed E-state index contributed by atoms with van der Waals surface area (Å²) in [5, 5.41) is 5.60. The minimum Gasteiger partial charge on any atom is -0.356 e. The molecule has 0 saturated heterocycles. The van der Waals surface area contributed by atoms with Crippen molar-refractivity contribution < 1.29 is 14.0 Å². The minimum atomic E-state index is -0.362. The molecule has 0 aliphatic carbocycles. The van der Waals surface area contributed by atoms with Crippen LogP contribution in [0.1, 0.15) is 43.5 Å². The first-order valence-electron chi connectivity index (χ1n) is 7.29. The fraction of sp³-hybridized carbons (Fsp3) is 0.500. The molecular weight excluding hydrogens is 271 g/mol. The van der Waals surface area contributed by atoms with Gasteiger partial charge in [-0.2, -0.15) is 0 Å². The maximum absolute atomic E-state index is 12.7. The molecular formula is C16H23FN2O2. The van der Waals surface area contributed by atoms with Crippen LogP contribution in [0.5, 0.6) is 0 Å². The lowest BCUT2D eigenvalue weighted by molar-refractivity contribution is -0.121. The molecule has 21 heavy (non-hydrogen) atoms. The molecule has 0 aliphatic heterocycles. The van der Waals surface area contributed by atoms with Gasteiger partial charge in [-0.1, -0.05) is 13.8 Å². The fourth-order valence-electron chi connectivity index (χ4n) is 1.72. The van der Waals surface area contributed by atoms with Gasteiger partial charge in [0.2, 0.25) is 5.91 Å². The number of amides is 2. The summed E-state index contributed by atoms with van der Waals surface area (Å²) in [6, 6.07) is 5.41. The number of carbonyl (C=O) groups is 2. The van der Waals surface area contributed by atoms with Crippen molar-refractivity contribution in [3.05, 3.63) is 35.6 Å². The molecule has 4 nitrogen and oxygen atoms in total. The standard InChI is InChI=1S/C16H23FN2O2/c1-12(2)11-19-15(20)5-3-4-10-18-16(21)13-6-8-14(17)9-7-13/h6-9,12H,3-5,10-11H2,1-2H3,(H,18,21)(H,19,20). The number of benzene rings is 1. The molecule has 2 amide bonds. The van der Waals surface area contributed by atoms with Crippen molar-refractivity contribution in [1.29, 1.82) is 0 Å². The van der Waals surface area contributed by atoms with Gasteiger partial charge >= 0.3 is 0 Å². The molecule has 5 heteroatoms. The molecule has 116 valence electrons. The van der Waals surface area contributed by atoms with Crippen molar-refractivity contribution in [1.82, 2.24) is 10.6 Å². The molecule has 0 spiro atoms. The molecule has 0 heterocycles. The van der Waals surface area contributed by atoms with Gasteiger partial charge in [0.1, 0.15) is 5.82 Å². The zero-order valence-corrected chi connectivity index (χ0v) is 12.6. The monoisotopic (exact) mass is 294 g/mol.